The molecule has 0 radical (unpaired) electrons. The Labute approximate surface area is 186 Å². The minimum atomic E-state index is -0.720. The molecule has 0 aliphatic heterocycles. The number of aliphatic hydroxyl groups is 1. The van der Waals surface area contributed by atoms with Gasteiger partial charge in [-0.15, -0.1) is 0 Å². The summed E-state index contributed by atoms with van der Waals surface area (Å²) in [5.74, 6) is -0.176. The molecule has 1 aromatic heterocycles. The van der Waals surface area contributed by atoms with Gasteiger partial charge in [0.1, 0.15) is 11.9 Å². The van der Waals surface area contributed by atoms with Crippen molar-refractivity contribution in [2.75, 3.05) is 0 Å². The first-order valence-corrected chi connectivity index (χ1v) is 10.4. The molecule has 4 nitrogen and oxygen atoms in total. The van der Waals surface area contributed by atoms with E-state index < -0.39 is 11.9 Å². The topological polar surface area (TPSA) is 50.4 Å². The van der Waals surface area contributed by atoms with Crippen LogP contribution in [0.3, 0.4) is 0 Å². The standard InChI is InChI=1S/C27H23FNO3/c1-2-26(30)25-18-21(19-7-4-3-5-8-19)15-16-29(25)32-24-10-6-9-22(17-24)27(31)20-11-13-23(28)14-12-20/h3-18,26,30H,2H2,1H3/q+1. The Balaban J connectivity index is 1.64. The fourth-order valence-electron chi connectivity index (χ4n) is 3.43. The summed E-state index contributed by atoms with van der Waals surface area (Å²) in [7, 11) is 0. The summed E-state index contributed by atoms with van der Waals surface area (Å²) < 4.78 is 14.7. The number of nitrogens with zero attached hydrogens (tertiary/aromatic N) is 1. The maximum Gasteiger partial charge on any atom is 0.263 e. The molecule has 0 saturated heterocycles. The van der Waals surface area contributed by atoms with Gasteiger partial charge >= 0.3 is 0 Å². The van der Waals surface area contributed by atoms with E-state index >= 15 is 0 Å². The molecule has 160 valence electrons. The number of carbonyl (C=O) groups excluding carboxylic acids is 1. The number of halogens is 1. The van der Waals surface area contributed by atoms with Crippen molar-refractivity contribution in [1.82, 2.24) is 0 Å². The lowest BCUT2D eigenvalue weighted by Gasteiger charge is -2.10. The van der Waals surface area contributed by atoms with E-state index in [2.05, 4.69) is 0 Å². The van der Waals surface area contributed by atoms with Crippen LogP contribution in [0.1, 0.15) is 41.1 Å². The smallest absolute Gasteiger partial charge is 0.263 e. The lowest BCUT2D eigenvalue weighted by molar-refractivity contribution is -0.882. The molecule has 4 rings (SSSR count). The summed E-state index contributed by atoms with van der Waals surface area (Å²) in [6, 6.07) is 25.9. The zero-order valence-corrected chi connectivity index (χ0v) is 17.6. The highest BCUT2D eigenvalue weighted by Crippen LogP contribution is 2.23. The number of ketones is 1. The molecule has 0 bridgehead atoms. The molecule has 1 heterocycles. The van der Waals surface area contributed by atoms with Crippen molar-refractivity contribution in [3.8, 4) is 16.9 Å². The number of carbonyl (C=O) groups is 1. The van der Waals surface area contributed by atoms with Gasteiger partial charge in [-0.25, -0.2) is 9.23 Å². The minimum Gasteiger partial charge on any atom is -0.382 e. The molecule has 1 N–H and O–H groups in total. The van der Waals surface area contributed by atoms with E-state index in [9.17, 15) is 14.3 Å². The van der Waals surface area contributed by atoms with E-state index in [-0.39, 0.29) is 5.78 Å². The van der Waals surface area contributed by atoms with E-state index in [1.165, 1.54) is 29.0 Å². The number of hydrogen-bond donors (Lipinski definition) is 1. The van der Waals surface area contributed by atoms with Crippen molar-refractivity contribution in [3.63, 3.8) is 0 Å². The number of pyridine rings is 1. The predicted octanol–water partition coefficient (Wildman–Crippen LogP) is 5.30. The predicted molar refractivity (Wildman–Crippen MR) is 120 cm³/mol. The number of aliphatic hydroxyl groups excluding tert-OH is 1. The Kier molecular flexibility index (Phi) is 6.38. The zero-order valence-electron chi connectivity index (χ0n) is 17.6. The SMILES string of the molecule is CCC(O)c1cc(-c2ccccc2)cc[n+]1Oc1cccc(C(=O)c2ccc(F)cc2)c1. The van der Waals surface area contributed by atoms with E-state index in [0.717, 1.165) is 11.1 Å². The van der Waals surface area contributed by atoms with E-state index in [1.54, 1.807) is 30.5 Å². The van der Waals surface area contributed by atoms with Gasteiger partial charge in [0.2, 0.25) is 11.9 Å². The molecule has 0 saturated carbocycles. The number of rotatable bonds is 7. The number of aromatic nitrogens is 1. The Morgan fingerprint density at radius 1 is 0.906 bits per heavy atom. The Morgan fingerprint density at radius 2 is 1.66 bits per heavy atom. The van der Waals surface area contributed by atoms with Gasteiger partial charge < -0.3 is 5.11 Å². The lowest BCUT2D eigenvalue weighted by atomic mass is 10.0. The Hall–Kier alpha value is -3.83. The Morgan fingerprint density at radius 3 is 2.38 bits per heavy atom. The molecule has 0 fully saturated rings. The first kappa shape index (κ1) is 21.4. The first-order valence-electron chi connectivity index (χ1n) is 10.4. The van der Waals surface area contributed by atoms with Crippen LogP contribution < -0.4 is 9.57 Å². The van der Waals surface area contributed by atoms with Crippen molar-refractivity contribution < 1.29 is 23.9 Å². The molecular weight excluding hydrogens is 405 g/mol. The van der Waals surface area contributed by atoms with E-state index in [1.807, 2.05) is 49.4 Å². The molecule has 0 spiro atoms. The van der Waals surface area contributed by atoms with Crippen LogP contribution in [-0.2, 0) is 0 Å². The van der Waals surface area contributed by atoms with Crippen LogP contribution in [0.25, 0.3) is 11.1 Å². The third kappa shape index (κ3) is 4.74. The van der Waals surface area contributed by atoms with E-state index in [0.29, 0.717) is 29.0 Å². The maximum atomic E-state index is 13.2. The number of benzene rings is 3. The molecule has 0 aliphatic carbocycles. The van der Waals surface area contributed by atoms with Crippen molar-refractivity contribution in [1.29, 1.82) is 0 Å². The van der Waals surface area contributed by atoms with Crippen LogP contribution >= 0.6 is 0 Å². The molecular formula is C27H23FNO3+. The molecule has 4 aromatic rings. The average molecular weight is 428 g/mol. The second kappa shape index (κ2) is 9.54. The van der Waals surface area contributed by atoms with Crippen LogP contribution in [0.4, 0.5) is 4.39 Å². The minimum absolute atomic E-state index is 0.228. The molecule has 1 atom stereocenters. The second-order valence-corrected chi connectivity index (χ2v) is 7.41. The summed E-state index contributed by atoms with van der Waals surface area (Å²) in [5, 5.41) is 10.6. The van der Waals surface area contributed by atoms with Gasteiger partial charge in [0.25, 0.3) is 5.69 Å². The molecule has 1 unspecified atom stereocenters. The maximum absolute atomic E-state index is 13.2. The van der Waals surface area contributed by atoms with Gasteiger partial charge in [-0.05, 0) is 53.9 Å². The highest BCUT2D eigenvalue weighted by Gasteiger charge is 2.23. The number of hydrogen-bond acceptors (Lipinski definition) is 3. The van der Waals surface area contributed by atoms with Gasteiger partial charge in [-0.3, -0.25) is 4.79 Å². The molecule has 32 heavy (non-hydrogen) atoms. The van der Waals surface area contributed by atoms with Crippen molar-refractivity contribution >= 4 is 5.78 Å². The summed E-state index contributed by atoms with van der Waals surface area (Å²) in [5.41, 5.74) is 3.42. The third-order valence-corrected chi connectivity index (χ3v) is 5.19. The molecule has 0 amide bonds. The van der Waals surface area contributed by atoms with Crippen molar-refractivity contribution in [3.05, 3.63) is 120 Å². The van der Waals surface area contributed by atoms with E-state index in [4.69, 9.17) is 4.84 Å². The normalized spacial score (nSPS) is 11.7. The van der Waals surface area contributed by atoms with Crippen LogP contribution in [0, 0.1) is 5.82 Å². The van der Waals surface area contributed by atoms with Crippen molar-refractivity contribution in [2.45, 2.75) is 19.4 Å². The summed E-state index contributed by atoms with van der Waals surface area (Å²) in [6.45, 7) is 1.90. The van der Waals surface area contributed by atoms with Gasteiger partial charge in [0.15, 0.2) is 5.78 Å². The van der Waals surface area contributed by atoms with Gasteiger partial charge in [0, 0.05) is 28.0 Å². The van der Waals surface area contributed by atoms with Gasteiger partial charge in [-0.1, -0.05) is 49.4 Å². The summed E-state index contributed by atoms with van der Waals surface area (Å²) in [4.78, 5) is 18.8. The van der Waals surface area contributed by atoms with Gasteiger partial charge in [-0.2, -0.15) is 0 Å². The highest BCUT2D eigenvalue weighted by atomic mass is 19.1. The molecule has 3 aromatic carbocycles. The van der Waals surface area contributed by atoms with Crippen LogP contribution in [0.5, 0.6) is 5.75 Å². The zero-order chi connectivity index (χ0) is 22.5. The first-order chi connectivity index (χ1) is 15.5. The summed E-state index contributed by atoms with van der Waals surface area (Å²) >= 11 is 0. The van der Waals surface area contributed by atoms with Crippen LogP contribution in [-0.4, -0.2) is 10.9 Å². The van der Waals surface area contributed by atoms with Crippen molar-refractivity contribution in [2.24, 2.45) is 0 Å². The Bertz CT molecular complexity index is 1220. The summed E-state index contributed by atoms with van der Waals surface area (Å²) in [6.07, 6.45) is 1.55. The highest BCUT2D eigenvalue weighted by molar-refractivity contribution is 6.09. The molecule has 0 aliphatic rings. The molecule has 5 heteroatoms. The monoisotopic (exact) mass is 428 g/mol. The fourth-order valence-corrected chi connectivity index (χ4v) is 3.43. The van der Waals surface area contributed by atoms with Gasteiger partial charge in [0.05, 0.1) is 0 Å². The quantitative estimate of drug-likeness (QED) is 0.321. The average Bonchev–Trinajstić information content (AvgIpc) is 2.84. The third-order valence-electron chi connectivity index (χ3n) is 5.19. The largest absolute Gasteiger partial charge is 0.382 e. The van der Waals surface area contributed by atoms with Crippen LogP contribution in [0.15, 0.2) is 97.2 Å². The fraction of sp³-hybridized carbons (Fsp3) is 0.111. The lowest BCUT2D eigenvalue weighted by Crippen LogP contribution is -2.44. The van der Waals surface area contributed by atoms with Crippen LogP contribution in [0.2, 0.25) is 0 Å². The second-order valence-electron chi connectivity index (χ2n) is 7.41.